The normalized spacial score (nSPS) is 9.17. The van der Waals surface area contributed by atoms with Crippen LogP contribution in [0.25, 0.3) is 10.4 Å². The lowest BCUT2D eigenvalue weighted by Gasteiger charge is -2.02. The van der Waals surface area contributed by atoms with Crippen LogP contribution in [0.2, 0.25) is 0 Å². The summed E-state index contributed by atoms with van der Waals surface area (Å²) in [6.45, 7) is 3.44. The SMILES string of the molecule is Cc1nc(C)c(N=[N+]=[N-])c(N)n1. The Morgan fingerprint density at radius 2 is 2.08 bits per heavy atom. The molecule has 0 aromatic carbocycles. The zero-order valence-corrected chi connectivity index (χ0v) is 6.81. The number of hydrogen-bond acceptors (Lipinski definition) is 4. The standard InChI is InChI=1S/C6H8N6/c1-3-5(11-12-8)6(7)10-4(2)9-3/h1-2H3,(H2,7,9,10). The van der Waals surface area contributed by atoms with Gasteiger partial charge in [-0.3, -0.25) is 0 Å². The molecule has 6 nitrogen and oxygen atoms in total. The van der Waals surface area contributed by atoms with Crippen LogP contribution in [0.3, 0.4) is 0 Å². The lowest BCUT2D eigenvalue weighted by Crippen LogP contribution is -1.98. The fourth-order valence-electron chi connectivity index (χ4n) is 0.902. The maximum absolute atomic E-state index is 8.19. The first-order chi connectivity index (χ1) is 5.65. The Morgan fingerprint density at radius 3 is 2.58 bits per heavy atom. The van der Waals surface area contributed by atoms with Crippen LogP contribution in [-0.4, -0.2) is 9.97 Å². The summed E-state index contributed by atoms with van der Waals surface area (Å²) in [6, 6.07) is 0. The lowest BCUT2D eigenvalue weighted by atomic mass is 10.3. The third-order valence-corrected chi connectivity index (χ3v) is 1.34. The van der Waals surface area contributed by atoms with Crippen LogP contribution in [0, 0.1) is 13.8 Å². The van der Waals surface area contributed by atoms with Crippen molar-refractivity contribution in [3.63, 3.8) is 0 Å². The van der Waals surface area contributed by atoms with Crippen molar-refractivity contribution in [1.82, 2.24) is 9.97 Å². The Labute approximate surface area is 69.1 Å². The molecule has 1 aromatic rings. The van der Waals surface area contributed by atoms with Gasteiger partial charge < -0.3 is 5.73 Å². The zero-order valence-electron chi connectivity index (χ0n) is 6.81. The highest BCUT2D eigenvalue weighted by molar-refractivity contribution is 5.59. The summed E-state index contributed by atoms with van der Waals surface area (Å²) in [4.78, 5) is 10.5. The Hall–Kier alpha value is -1.81. The lowest BCUT2D eigenvalue weighted by molar-refractivity contribution is 1.01. The quantitative estimate of drug-likeness (QED) is 0.387. The summed E-state index contributed by atoms with van der Waals surface area (Å²) in [6.07, 6.45) is 0. The number of rotatable bonds is 1. The molecule has 0 spiro atoms. The van der Waals surface area contributed by atoms with Crippen molar-refractivity contribution in [2.45, 2.75) is 13.8 Å². The van der Waals surface area contributed by atoms with Gasteiger partial charge >= 0.3 is 0 Å². The fourth-order valence-corrected chi connectivity index (χ4v) is 0.902. The Bertz CT molecular complexity index is 328. The molecule has 0 bridgehead atoms. The third-order valence-electron chi connectivity index (χ3n) is 1.34. The molecule has 0 atom stereocenters. The molecule has 0 fully saturated rings. The fraction of sp³-hybridized carbons (Fsp3) is 0.333. The van der Waals surface area contributed by atoms with Gasteiger partial charge in [0.15, 0.2) is 0 Å². The number of nitrogen functional groups attached to an aromatic ring is 1. The van der Waals surface area contributed by atoms with Crippen molar-refractivity contribution >= 4 is 11.5 Å². The van der Waals surface area contributed by atoms with Gasteiger partial charge in [-0.15, -0.1) is 0 Å². The molecule has 1 rings (SSSR count). The molecule has 0 saturated carbocycles. The van der Waals surface area contributed by atoms with Crippen molar-refractivity contribution in [2.24, 2.45) is 5.11 Å². The molecule has 12 heavy (non-hydrogen) atoms. The molecule has 0 amide bonds. The smallest absolute Gasteiger partial charge is 0.137 e. The van der Waals surface area contributed by atoms with Crippen molar-refractivity contribution in [2.75, 3.05) is 5.73 Å². The van der Waals surface area contributed by atoms with Crippen LogP contribution in [0.4, 0.5) is 11.5 Å². The molecule has 2 N–H and O–H groups in total. The molecular weight excluding hydrogens is 156 g/mol. The number of aromatic nitrogens is 2. The van der Waals surface area contributed by atoms with Gasteiger partial charge in [0.2, 0.25) is 0 Å². The molecule has 6 heteroatoms. The first-order valence-electron chi connectivity index (χ1n) is 3.31. The van der Waals surface area contributed by atoms with Crippen LogP contribution in [0.5, 0.6) is 0 Å². The Kier molecular flexibility index (Phi) is 2.11. The molecule has 1 heterocycles. The molecule has 0 aliphatic carbocycles. The van der Waals surface area contributed by atoms with Gasteiger partial charge in [-0.25, -0.2) is 9.97 Å². The van der Waals surface area contributed by atoms with Crippen LogP contribution in [0.15, 0.2) is 5.11 Å². The van der Waals surface area contributed by atoms with Gasteiger partial charge in [-0.1, -0.05) is 5.11 Å². The second kappa shape index (κ2) is 3.06. The van der Waals surface area contributed by atoms with E-state index in [2.05, 4.69) is 20.0 Å². The highest BCUT2D eigenvalue weighted by atomic mass is 15.2. The number of hydrogen-bond donors (Lipinski definition) is 1. The third kappa shape index (κ3) is 1.43. The Morgan fingerprint density at radius 1 is 1.42 bits per heavy atom. The monoisotopic (exact) mass is 164 g/mol. The minimum absolute atomic E-state index is 0.220. The molecule has 0 radical (unpaired) electrons. The van der Waals surface area contributed by atoms with Crippen molar-refractivity contribution in [3.05, 3.63) is 22.0 Å². The number of nitrogens with zero attached hydrogens (tertiary/aromatic N) is 5. The molecule has 0 unspecified atom stereocenters. The van der Waals surface area contributed by atoms with Gasteiger partial charge in [0, 0.05) is 4.91 Å². The zero-order chi connectivity index (χ0) is 9.14. The number of aryl methyl sites for hydroxylation is 2. The van der Waals surface area contributed by atoms with Crippen molar-refractivity contribution in [1.29, 1.82) is 0 Å². The average Bonchev–Trinajstić information content (AvgIpc) is 1.96. The van der Waals surface area contributed by atoms with Crippen molar-refractivity contribution < 1.29 is 0 Å². The molecular formula is C6H8N6. The molecule has 0 aliphatic heterocycles. The highest BCUT2D eigenvalue weighted by Gasteiger charge is 2.03. The van der Waals surface area contributed by atoms with Gasteiger partial charge in [0.25, 0.3) is 0 Å². The van der Waals surface area contributed by atoms with E-state index in [1.165, 1.54) is 0 Å². The van der Waals surface area contributed by atoms with E-state index in [1.54, 1.807) is 13.8 Å². The predicted octanol–water partition coefficient (Wildman–Crippen LogP) is 1.62. The number of azide groups is 1. The first-order valence-corrected chi connectivity index (χ1v) is 3.31. The van der Waals surface area contributed by atoms with E-state index in [1.807, 2.05) is 0 Å². The summed E-state index contributed by atoms with van der Waals surface area (Å²) < 4.78 is 0. The second-order valence-corrected chi connectivity index (χ2v) is 2.28. The first kappa shape index (κ1) is 8.29. The van der Waals surface area contributed by atoms with E-state index in [0.717, 1.165) is 0 Å². The maximum Gasteiger partial charge on any atom is 0.137 e. The maximum atomic E-state index is 8.19. The van der Waals surface area contributed by atoms with E-state index in [-0.39, 0.29) is 5.82 Å². The van der Waals surface area contributed by atoms with Crippen LogP contribution in [0.1, 0.15) is 11.5 Å². The molecule has 1 aromatic heterocycles. The van der Waals surface area contributed by atoms with E-state index >= 15 is 0 Å². The van der Waals surface area contributed by atoms with E-state index in [0.29, 0.717) is 17.2 Å². The van der Waals surface area contributed by atoms with Crippen LogP contribution < -0.4 is 5.73 Å². The number of anilines is 1. The topological polar surface area (TPSA) is 101 Å². The number of nitrogens with two attached hydrogens (primary N) is 1. The predicted molar refractivity (Wildman–Crippen MR) is 44.7 cm³/mol. The minimum atomic E-state index is 0.220. The summed E-state index contributed by atoms with van der Waals surface area (Å²) in [7, 11) is 0. The van der Waals surface area contributed by atoms with E-state index in [4.69, 9.17) is 11.3 Å². The summed E-state index contributed by atoms with van der Waals surface area (Å²) in [5.41, 5.74) is 14.6. The summed E-state index contributed by atoms with van der Waals surface area (Å²) >= 11 is 0. The largest absolute Gasteiger partial charge is 0.383 e. The summed E-state index contributed by atoms with van der Waals surface area (Å²) in [5, 5.41) is 3.38. The second-order valence-electron chi connectivity index (χ2n) is 2.28. The molecule has 0 saturated heterocycles. The van der Waals surface area contributed by atoms with Crippen LogP contribution in [-0.2, 0) is 0 Å². The molecule has 0 aliphatic rings. The average molecular weight is 164 g/mol. The van der Waals surface area contributed by atoms with Gasteiger partial charge in [-0.05, 0) is 19.4 Å². The van der Waals surface area contributed by atoms with Gasteiger partial charge in [0.1, 0.15) is 17.3 Å². The van der Waals surface area contributed by atoms with E-state index < -0.39 is 0 Å². The van der Waals surface area contributed by atoms with Crippen molar-refractivity contribution in [3.8, 4) is 0 Å². The van der Waals surface area contributed by atoms with Gasteiger partial charge in [0.05, 0.1) is 5.69 Å². The molecule has 62 valence electrons. The van der Waals surface area contributed by atoms with Crippen LogP contribution >= 0.6 is 0 Å². The van der Waals surface area contributed by atoms with E-state index in [9.17, 15) is 0 Å². The highest BCUT2D eigenvalue weighted by Crippen LogP contribution is 2.22. The summed E-state index contributed by atoms with van der Waals surface area (Å²) in [5.74, 6) is 0.791. The Balaban J connectivity index is 3.37. The van der Waals surface area contributed by atoms with Gasteiger partial charge in [-0.2, -0.15) is 0 Å². The minimum Gasteiger partial charge on any atom is -0.383 e.